The maximum Gasteiger partial charge on any atom is 0.339 e. The van der Waals surface area contributed by atoms with Crippen LogP contribution in [0.25, 0.3) is 0 Å². The number of nitrogens with zero attached hydrogens (tertiary/aromatic N) is 1. The summed E-state index contributed by atoms with van der Waals surface area (Å²) in [5.41, 5.74) is -0.954. The second-order valence-electron chi connectivity index (χ2n) is 5.42. The van der Waals surface area contributed by atoms with E-state index in [1.807, 2.05) is 0 Å². The molecule has 1 atom stereocenters. The van der Waals surface area contributed by atoms with Gasteiger partial charge in [0, 0.05) is 18.4 Å². The number of carbonyl (C=O) groups excluding carboxylic acids is 2. The lowest BCUT2D eigenvalue weighted by Crippen LogP contribution is -2.39. The third-order valence-electron chi connectivity index (χ3n) is 2.87. The Morgan fingerprint density at radius 3 is 2.29 bits per heavy atom. The Bertz CT molecular complexity index is 771. The quantitative estimate of drug-likeness (QED) is 0.457. The molecule has 0 fully saturated rings. The highest BCUT2D eigenvalue weighted by Crippen LogP contribution is 2.25. The van der Waals surface area contributed by atoms with Gasteiger partial charge in [0.05, 0.1) is 10.5 Å². The van der Waals surface area contributed by atoms with E-state index in [1.165, 1.54) is 6.92 Å². The van der Waals surface area contributed by atoms with Crippen molar-refractivity contribution in [3.8, 4) is 0 Å². The number of nitro benzene ring substituents is 1. The number of benzene rings is 1. The third-order valence-corrected chi connectivity index (χ3v) is 4.02. The number of hydrogen-bond acceptors (Lipinski definition) is 7. The summed E-state index contributed by atoms with van der Waals surface area (Å²) in [6, 6.07) is 2.72. The Hall–Kier alpha value is -2.49. The Morgan fingerprint density at radius 2 is 1.83 bits per heavy atom. The Kier molecular flexibility index (Phi) is 6.02. The number of sulfone groups is 1. The molecule has 10 heteroatoms. The first kappa shape index (κ1) is 19.6. The molecule has 0 aliphatic rings. The molecule has 1 rings (SSSR count). The van der Waals surface area contributed by atoms with Gasteiger partial charge in [0.2, 0.25) is 0 Å². The van der Waals surface area contributed by atoms with Crippen LogP contribution in [0.2, 0.25) is 0 Å². The molecule has 1 amide bonds. The predicted molar refractivity (Wildman–Crippen MR) is 84.4 cm³/mol. The molecule has 0 heterocycles. The minimum absolute atomic E-state index is 0.145. The Balaban J connectivity index is 3.07. The van der Waals surface area contributed by atoms with E-state index < -0.39 is 43.3 Å². The van der Waals surface area contributed by atoms with E-state index in [2.05, 4.69) is 5.32 Å². The Morgan fingerprint density at radius 1 is 1.25 bits per heavy atom. The standard InChI is InChI=1S/C14H18N2O7S/c1-8(2)15-13(17)9(3)23-14(18)10-5-6-12(24(4,21)22)11(7-10)16(19)20/h5-9H,1-4H3,(H,15,17). The molecule has 1 N–H and O–H groups in total. The predicted octanol–water partition coefficient (Wildman–Crippen LogP) is 1.07. The summed E-state index contributed by atoms with van der Waals surface area (Å²) in [4.78, 5) is 33.3. The van der Waals surface area contributed by atoms with Crippen LogP contribution < -0.4 is 5.32 Å². The van der Waals surface area contributed by atoms with Crippen LogP contribution in [0.15, 0.2) is 23.1 Å². The summed E-state index contributed by atoms with van der Waals surface area (Å²) in [6.45, 7) is 4.83. The number of ether oxygens (including phenoxy) is 1. The van der Waals surface area contributed by atoms with E-state index >= 15 is 0 Å². The number of carbonyl (C=O) groups is 2. The molecule has 1 aromatic carbocycles. The van der Waals surface area contributed by atoms with Crippen LogP contribution in [0.5, 0.6) is 0 Å². The lowest BCUT2D eigenvalue weighted by atomic mass is 10.2. The average Bonchev–Trinajstić information content (AvgIpc) is 2.44. The monoisotopic (exact) mass is 358 g/mol. The highest BCUT2D eigenvalue weighted by molar-refractivity contribution is 7.90. The first-order valence-corrected chi connectivity index (χ1v) is 8.82. The average molecular weight is 358 g/mol. The van der Waals surface area contributed by atoms with Crippen LogP contribution in [0.1, 0.15) is 31.1 Å². The van der Waals surface area contributed by atoms with E-state index in [1.54, 1.807) is 13.8 Å². The number of amides is 1. The number of nitrogens with one attached hydrogen (secondary N) is 1. The topological polar surface area (TPSA) is 133 Å². The first-order chi connectivity index (χ1) is 10.9. The van der Waals surface area contributed by atoms with Crippen molar-refractivity contribution in [1.82, 2.24) is 5.32 Å². The molecule has 0 spiro atoms. The highest BCUT2D eigenvalue weighted by atomic mass is 32.2. The fourth-order valence-corrected chi connectivity index (χ4v) is 2.61. The number of hydrogen-bond donors (Lipinski definition) is 1. The SMILES string of the molecule is CC(C)NC(=O)C(C)OC(=O)c1ccc(S(C)(=O)=O)c([N+](=O)[O-])c1. The van der Waals surface area contributed by atoms with Crippen molar-refractivity contribution in [2.45, 2.75) is 37.8 Å². The molecule has 132 valence electrons. The van der Waals surface area contributed by atoms with Crippen LogP contribution in [-0.4, -0.2) is 43.6 Å². The molecule has 0 aliphatic heterocycles. The molecule has 0 aliphatic carbocycles. The van der Waals surface area contributed by atoms with Gasteiger partial charge in [0.15, 0.2) is 15.9 Å². The van der Waals surface area contributed by atoms with Gasteiger partial charge in [-0.2, -0.15) is 0 Å². The van der Waals surface area contributed by atoms with E-state index in [0.29, 0.717) is 0 Å². The van der Waals surface area contributed by atoms with Gasteiger partial charge in [0.1, 0.15) is 4.90 Å². The van der Waals surface area contributed by atoms with Crippen molar-refractivity contribution in [3.63, 3.8) is 0 Å². The highest BCUT2D eigenvalue weighted by Gasteiger charge is 2.26. The summed E-state index contributed by atoms with van der Waals surface area (Å²) in [6.07, 6.45) is -0.278. The Labute approximate surface area is 139 Å². The third kappa shape index (κ3) is 5.01. The lowest BCUT2D eigenvalue weighted by molar-refractivity contribution is -0.387. The van der Waals surface area contributed by atoms with E-state index in [4.69, 9.17) is 4.74 Å². The van der Waals surface area contributed by atoms with Crippen LogP contribution in [0.3, 0.4) is 0 Å². The van der Waals surface area contributed by atoms with Gasteiger partial charge < -0.3 is 10.1 Å². The van der Waals surface area contributed by atoms with Crippen LogP contribution >= 0.6 is 0 Å². The van der Waals surface area contributed by atoms with Gasteiger partial charge in [-0.1, -0.05) is 0 Å². The zero-order chi connectivity index (χ0) is 18.7. The van der Waals surface area contributed by atoms with Crippen molar-refractivity contribution in [3.05, 3.63) is 33.9 Å². The molecule has 24 heavy (non-hydrogen) atoms. The summed E-state index contributed by atoms with van der Waals surface area (Å²) in [7, 11) is -3.83. The zero-order valence-corrected chi connectivity index (χ0v) is 14.4. The maximum atomic E-state index is 12.0. The van der Waals surface area contributed by atoms with Gasteiger partial charge >= 0.3 is 5.97 Å². The normalized spacial score (nSPS) is 12.5. The summed E-state index contributed by atoms with van der Waals surface area (Å²) in [5, 5.41) is 13.6. The van der Waals surface area contributed by atoms with Crippen molar-refractivity contribution >= 4 is 27.4 Å². The second kappa shape index (κ2) is 7.39. The molecule has 1 aromatic rings. The van der Waals surface area contributed by atoms with Crippen molar-refractivity contribution in [2.24, 2.45) is 0 Å². The molecule has 0 saturated heterocycles. The molecule has 0 saturated carbocycles. The van der Waals surface area contributed by atoms with Crippen LogP contribution in [0.4, 0.5) is 5.69 Å². The minimum Gasteiger partial charge on any atom is -0.449 e. The summed E-state index contributed by atoms with van der Waals surface area (Å²) < 4.78 is 28.0. The molecule has 1 unspecified atom stereocenters. The second-order valence-corrected chi connectivity index (χ2v) is 7.41. The largest absolute Gasteiger partial charge is 0.449 e. The fraction of sp³-hybridized carbons (Fsp3) is 0.429. The van der Waals surface area contributed by atoms with Crippen LogP contribution in [0, 0.1) is 10.1 Å². The van der Waals surface area contributed by atoms with E-state index in [0.717, 1.165) is 24.5 Å². The maximum absolute atomic E-state index is 12.0. The zero-order valence-electron chi connectivity index (χ0n) is 13.6. The molecular formula is C14H18N2O7S. The van der Waals surface area contributed by atoms with Crippen molar-refractivity contribution in [1.29, 1.82) is 0 Å². The smallest absolute Gasteiger partial charge is 0.339 e. The molecule has 0 aromatic heterocycles. The lowest BCUT2D eigenvalue weighted by Gasteiger charge is -2.15. The van der Waals surface area contributed by atoms with Gasteiger partial charge in [-0.3, -0.25) is 14.9 Å². The first-order valence-electron chi connectivity index (χ1n) is 6.93. The molecule has 9 nitrogen and oxygen atoms in total. The van der Waals surface area contributed by atoms with Crippen molar-refractivity contribution < 1.29 is 27.7 Å². The summed E-state index contributed by atoms with van der Waals surface area (Å²) in [5.74, 6) is -1.48. The van der Waals surface area contributed by atoms with Gasteiger partial charge in [-0.05, 0) is 32.9 Å². The molecule has 0 radical (unpaired) electrons. The van der Waals surface area contributed by atoms with Gasteiger partial charge in [-0.15, -0.1) is 0 Å². The number of rotatable bonds is 6. The summed E-state index contributed by atoms with van der Waals surface area (Å²) >= 11 is 0. The molecule has 0 bridgehead atoms. The van der Waals surface area contributed by atoms with E-state index in [9.17, 15) is 28.1 Å². The number of nitro groups is 1. The number of esters is 1. The minimum atomic E-state index is -3.83. The van der Waals surface area contributed by atoms with E-state index in [-0.39, 0.29) is 11.6 Å². The van der Waals surface area contributed by atoms with Crippen LogP contribution in [-0.2, 0) is 19.4 Å². The van der Waals surface area contributed by atoms with Crippen molar-refractivity contribution in [2.75, 3.05) is 6.26 Å². The molecular weight excluding hydrogens is 340 g/mol. The van der Waals surface area contributed by atoms with Gasteiger partial charge in [-0.25, -0.2) is 13.2 Å². The van der Waals surface area contributed by atoms with Gasteiger partial charge in [0.25, 0.3) is 11.6 Å². The fourth-order valence-electron chi connectivity index (χ4n) is 1.78.